The van der Waals surface area contributed by atoms with Crippen molar-refractivity contribution in [2.75, 3.05) is 0 Å². The Morgan fingerprint density at radius 3 is 2.76 bits per heavy atom. The van der Waals surface area contributed by atoms with Crippen molar-refractivity contribution in [3.05, 3.63) is 23.3 Å². The molecule has 0 bridgehead atoms. The van der Waals surface area contributed by atoms with E-state index >= 15 is 0 Å². The van der Waals surface area contributed by atoms with Crippen molar-refractivity contribution in [2.24, 2.45) is 0 Å². The van der Waals surface area contributed by atoms with Gasteiger partial charge in [-0.25, -0.2) is 9.59 Å². The van der Waals surface area contributed by atoms with Crippen LogP contribution in [0.1, 0.15) is 12.8 Å². The highest BCUT2D eigenvalue weighted by Gasteiger charge is 2.70. The molecule has 0 saturated carbocycles. The molecule has 4 rings (SSSR count). The normalized spacial score (nSPS) is 35.5. The molecular weight excluding hydrogens is 228 g/mol. The highest BCUT2D eigenvalue weighted by atomic mass is 16.9. The monoisotopic (exact) mass is 236 g/mol. The molecule has 0 aromatic heterocycles. The standard InChI is InChI=1S/C11H8O6/c12-9-14-7-5-3-1-2-4-6(5)11(8(7)15-9)16-10(13)17-11/h2,4,7-8H,1,3H2. The number of carbonyl (C=O) groups excluding carboxylic acids is 2. The van der Waals surface area contributed by atoms with E-state index in [1.54, 1.807) is 0 Å². The molecule has 88 valence electrons. The molecule has 2 aliphatic heterocycles. The second kappa shape index (κ2) is 2.64. The maximum absolute atomic E-state index is 11.2. The van der Waals surface area contributed by atoms with Crippen LogP contribution >= 0.6 is 0 Å². The van der Waals surface area contributed by atoms with Gasteiger partial charge in [0.25, 0.3) is 0 Å². The molecular formula is C11H8O6. The number of ether oxygens (including phenoxy) is 4. The van der Waals surface area contributed by atoms with Gasteiger partial charge in [0, 0.05) is 5.57 Å². The first-order valence-corrected chi connectivity index (χ1v) is 5.40. The number of fused-ring (bicyclic) bond motifs is 4. The molecule has 0 radical (unpaired) electrons. The Kier molecular flexibility index (Phi) is 1.41. The summed E-state index contributed by atoms with van der Waals surface area (Å²) in [6.45, 7) is 0. The third kappa shape index (κ3) is 0.916. The molecule has 2 heterocycles. The maximum Gasteiger partial charge on any atom is 0.515 e. The smallest absolute Gasteiger partial charge is 0.422 e. The van der Waals surface area contributed by atoms with Crippen LogP contribution < -0.4 is 0 Å². The minimum atomic E-state index is -1.26. The minimum Gasteiger partial charge on any atom is -0.422 e. The molecule has 6 heteroatoms. The van der Waals surface area contributed by atoms with Gasteiger partial charge in [0.2, 0.25) is 6.10 Å². The van der Waals surface area contributed by atoms with Crippen molar-refractivity contribution in [2.45, 2.75) is 30.8 Å². The molecule has 2 saturated heterocycles. The lowest BCUT2D eigenvalue weighted by atomic mass is 9.97. The number of hydrogen-bond donors (Lipinski definition) is 0. The minimum absolute atomic E-state index is 0.490. The first-order chi connectivity index (χ1) is 8.21. The van der Waals surface area contributed by atoms with Crippen LogP contribution in [-0.2, 0) is 18.9 Å². The third-order valence-electron chi connectivity index (χ3n) is 3.50. The van der Waals surface area contributed by atoms with Crippen LogP contribution in [0.15, 0.2) is 23.3 Å². The topological polar surface area (TPSA) is 71.1 Å². The summed E-state index contributed by atoms with van der Waals surface area (Å²) in [5.74, 6) is -1.26. The number of hydrogen-bond acceptors (Lipinski definition) is 6. The molecule has 2 atom stereocenters. The number of rotatable bonds is 0. The zero-order chi connectivity index (χ0) is 11.6. The van der Waals surface area contributed by atoms with Gasteiger partial charge in [0.15, 0.2) is 6.10 Å². The fraction of sp³-hybridized carbons (Fsp3) is 0.455. The Balaban J connectivity index is 1.83. The number of allylic oxidation sites excluding steroid dienone is 1. The highest BCUT2D eigenvalue weighted by Crippen LogP contribution is 2.52. The van der Waals surface area contributed by atoms with Crippen molar-refractivity contribution in [3.8, 4) is 0 Å². The van der Waals surface area contributed by atoms with Crippen LogP contribution in [-0.4, -0.2) is 30.3 Å². The van der Waals surface area contributed by atoms with Crippen LogP contribution in [0.5, 0.6) is 0 Å². The molecule has 0 aromatic rings. The van der Waals surface area contributed by atoms with Crippen LogP contribution in [0.25, 0.3) is 0 Å². The average Bonchev–Trinajstić information content (AvgIpc) is 2.76. The second-order valence-electron chi connectivity index (χ2n) is 4.33. The van der Waals surface area contributed by atoms with Crippen molar-refractivity contribution >= 4 is 12.3 Å². The predicted octanol–water partition coefficient (Wildman–Crippen LogP) is 1.41. The number of carbonyl (C=O) groups is 2. The zero-order valence-corrected chi connectivity index (χ0v) is 8.67. The first kappa shape index (κ1) is 9.09. The van der Waals surface area contributed by atoms with Crippen molar-refractivity contribution in [1.29, 1.82) is 0 Å². The van der Waals surface area contributed by atoms with E-state index in [1.165, 1.54) is 0 Å². The van der Waals surface area contributed by atoms with E-state index in [9.17, 15) is 9.59 Å². The van der Waals surface area contributed by atoms with Gasteiger partial charge in [-0.2, -0.15) is 0 Å². The molecule has 0 N–H and O–H groups in total. The van der Waals surface area contributed by atoms with Crippen LogP contribution in [0.3, 0.4) is 0 Å². The summed E-state index contributed by atoms with van der Waals surface area (Å²) in [7, 11) is 0. The van der Waals surface area contributed by atoms with Gasteiger partial charge in [0.05, 0.1) is 0 Å². The Morgan fingerprint density at radius 2 is 2.00 bits per heavy atom. The zero-order valence-electron chi connectivity index (χ0n) is 8.67. The summed E-state index contributed by atoms with van der Waals surface area (Å²) in [4.78, 5) is 22.1. The summed E-state index contributed by atoms with van der Waals surface area (Å²) in [5, 5.41) is 0. The maximum atomic E-state index is 11.2. The first-order valence-electron chi connectivity index (χ1n) is 5.40. The average molecular weight is 236 g/mol. The van der Waals surface area contributed by atoms with E-state index < -0.39 is 30.3 Å². The molecule has 17 heavy (non-hydrogen) atoms. The van der Waals surface area contributed by atoms with Gasteiger partial charge in [0.1, 0.15) is 0 Å². The molecule has 0 amide bonds. The fourth-order valence-electron chi connectivity index (χ4n) is 2.84. The van der Waals surface area contributed by atoms with Crippen molar-refractivity contribution in [3.63, 3.8) is 0 Å². The summed E-state index contributed by atoms with van der Waals surface area (Å²) < 4.78 is 20.3. The van der Waals surface area contributed by atoms with Crippen LogP contribution in [0.2, 0.25) is 0 Å². The second-order valence-corrected chi connectivity index (χ2v) is 4.33. The largest absolute Gasteiger partial charge is 0.515 e. The van der Waals surface area contributed by atoms with E-state index in [4.69, 9.17) is 18.9 Å². The lowest BCUT2D eigenvalue weighted by Crippen LogP contribution is -2.58. The summed E-state index contributed by atoms with van der Waals surface area (Å²) in [6, 6.07) is 0. The van der Waals surface area contributed by atoms with Crippen molar-refractivity contribution in [1.82, 2.24) is 0 Å². The van der Waals surface area contributed by atoms with Gasteiger partial charge < -0.3 is 18.9 Å². The fourth-order valence-corrected chi connectivity index (χ4v) is 2.84. The van der Waals surface area contributed by atoms with E-state index in [0.29, 0.717) is 0 Å². The van der Waals surface area contributed by atoms with E-state index in [-0.39, 0.29) is 0 Å². The van der Waals surface area contributed by atoms with Gasteiger partial charge in [-0.15, -0.1) is 0 Å². The van der Waals surface area contributed by atoms with Gasteiger partial charge in [-0.05, 0) is 18.4 Å². The van der Waals surface area contributed by atoms with Gasteiger partial charge >= 0.3 is 18.1 Å². The molecule has 6 nitrogen and oxygen atoms in total. The van der Waals surface area contributed by atoms with Crippen LogP contribution in [0.4, 0.5) is 9.59 Å². The third-order valence-corrected chi connectivity index (χ3v) is 3.50. The van der Waals surface area contributed by atoms with E-state index in [0.717, 1.165) is 24.0 Å². The summed E-state index contributed by atoms with van der Waals surface area (Å²) in [6.07, 6.45) is 2.75. The Morgan fingerprint density at radius 1 is 1.18 bits per heavy atom. The van der Waals surface area contributed by atoms with Gasteiger partial charge in [-0.3, -0.25) is 0 Å². The molecule has 2 aliphatic carbocycles. The SMILES string of the molecule is O=C1OC2C3=C(C=CCC3)C3(OC(=O)O3)C2O1. The van der Waals surface area contributed by atoms with Crippen LogP contribution in [0, 0.1) is 0 Å². The summed E-state index contributed by atoms with van der Waals surface area (Å²) in [5.41, 5.74) is 1.68. The predicted molar refractivity (Wildman–Crippen MR) is 50.8 cm³/mol. The van der Waals surface area contributed by atoms with E-state index in [2.05, 4.69) is 0 Å². The lowest BCUT2D eigenvalue weighted by Gasteiger charge is -2.40. The molecule has 0 aromatic carbocycles. The highest BCUT2D eigenvalue weighted by molar-refractivity contribution is 5.73. The lowest BCUT2D eigenvalue weighted by molar-refractivity contribution is -0.278. The van der Waals surface area contributed by atoms with Crippen molar-refractivity contribution < 1.29 is 28.5 Å². The molecule has 1 spiro atoms. The van der Waals surface area contributed by atoms with E-state index in [1.807, 2.05) is 12.2 Å². The molecule has 4 aliphatic rings. The Hall–Kier alpha value is -1.98. The quantitative estimate of drug-likeness (QED) is 0.592. The summed E-state index contributed by atoms with van der Waals surface area (Å²) >= 11 is 0. The molecule has 2 fully saturated rings. The van der Waals surface area contributed by atoms with Gasteiger partial charge in [-0.1, -0.05) is 12.2 Å². The Bertz CT molecular complexity index is 494. The molecule has 2 unspecified atom stereocenters. The Labute approximate surface area is 95.8 Å².